The van der Waals surface area contributed by atoms with E-state index in [4.69, 9.17) is 16.3 Å². The van der Waals surface area contributed by atoms with Gasteiger partial charge in [0.1, 0.15) is 11.7 Å². The molecule has 0 aromatic carbocycles. The molecule has 0 aromatic rings. The van der Waals surface area contributed by atoms with Gasteiger partial charge in [-0.25, -0.2) is 0 Å². The molecule has 0 spiro atoms. The minimum absolute atomic E-state index is 0.0516. The lowest BCUT2D eigenvalue weighted by atomic mass is 10.0. The van der Waals surface area contributed by atoms with E-state index in [9.17, 15) is 4.79 Å². The molecular formula is C9H15ClO2Si. The Morgan fingerprint density at radius 3 is 2.54 bits per heavy atom. The highest BCUT2D eigenvalue weighted by atomic mass is 35.5. The molecule has 0 radical (unpaired) electrons. The van der Waals surface area contributed by atoms with Gasteiger partial charge in [0.25, 0.3) is 0 Å². The summed E-state index contributed by atoms with van der Waals surface area (Å²) < 4.78 is 4.98. The Labute approximate surface area is 84.9 Å². The van der Waals surface area contributed by atoms with Crippen molar-refractivity contribution in [1.29, 1.82) is 0 Å². The van der Waals surface area contributed by atoms with Crippen LogP contribution in [0.2, 0.25) is 19.6 Å². The van der Waals surface area contributed by atoms with Gasteiger partial charge in [-0.3, -0.25) is 4.79 Å². The quantitative estimate of drug-likeness (QED) is 0.414. The summed E-state index contributed by atoms with van der Waals surface area (Å²) in [5.74, 6) is 1.20. The smallest absolute Gasteiger partial charge is 0.321 e. The maximum Gasteiger partial charge on any atom is 0.321 e. The monoisotopic (exact) mass is 218 g/mol. The van der Waals surface area contributed by atoms with Crippen molar-refractivity contribution < 1.29 is 9.53 Å². The van der Waals surface area contributed by atoms with Crippen LogP contribution >= 0.6 is 11.6 Å². The number of halogens is 1. The number of esters is 1. The predicted octanol–water partition coefficient (Wildman–Crippen LogP) is 2.55. The van der Waals surface area contributed by atoms with Crippen LogP contribution in [0.15, 0.2) is 11.5 Å². The summed E-state index contributed by atoms with van der Waals surface area (Å²) in [5, 5.41) is 0. The normalized spacial score (nSPS) is 25.7. The third-order valence-corrected chi connectivity index (χ3v) is 3.19. The third-order valence-electron chi connectivity index (χ3n) is 1.82. The number of ether oxygens (including phenoxy) is 1. The van der Waals surface area contributed by atoms with Crippen LogP contribution in [0.25, 0.3) is 0 Å². The Morgan fingerprint density at radius 1 is 1.54 bits per heavy atom. The molecule has 1 rings (SSSR count). The van der Waals surface area contributed by atoms with E-state index in [0.29, 0.717) is 12.3 Å². The molecule has 74 valence electrons. The molecule has 1 aliphatic heterocycles. The zero-order chi connectivity index (χ0) is 10.1. The minimum Gasteiger partial charge on any atom is -0.430 e. The molecule has 4 heteroatoms. The van der Waals surface area contributed by atoms with Gasteiger partial charge in [0, 0.05) is 5.88 Å². The van der Waals surface area contributed by atoms with Gasteiger partial charge in [-0.05, 0) is 6.42 Å². The van der Waals surface area contributed by atoms with Crippen LogP contribution in [0.1, 0.15) is 6.42 Å². The molecular weight excluding hydrogens is 204 g/mol. The summed E-state index contributed by atoms with van der Waals surface area (Å²) in [7, 11) is -1.27. The molecule has 0 saturated carbocycles. The number of hydrogen-bond donors (Lipinski definition) is 0. The van der Waals surface area contributed by atoms with E-state index in [1.165, 1.54) is 0 Å². The topological polar surface area (TPSA) is 26.3 Å². The van der Waals surface area contributed by atoms with Gasteiger partial charge in [0.2, 0.25) is 0 Å². The van der Waals surface area contributed by atoms with Crippen molar-refractivity contribution in [3.05, 3.63) is 11.5 Å². The molecule has 1 saturated heterocycles. The van der Waals surface area contributed by atoms with Gasteiger partial charge in [-0.1, -0.05) is 25.3 Å². The number of rotatable bonds is 3. The molecule has 1 aliphatic rings. The average Bonchev–Trinajstić information content (AvgIpc) is 1.97. The molecule has 0 bridgehead atoms. The Balaban J connectivity index is 2.63. The zero-order valence-corrected chi connectivity index (χ0v) is 10.0. The van der Waals surface area contributed by atoms with Crippen molar-refractivity contribution in [1.82, 2.24) is 0 Å². The van der Waals surface area contributed by atoms with E-state index >= 15 is 0 Å². The maximum atomic E-state index is 11.0. The van der Waals surface area contributed by atoms with Crippen molar-refractivity contribution in [2.24, 2.45) is 5.92 Å². The predicted molar refractivity (Wildman–Crippen MR) is 56.3 cm³/mol. The van der Waals surface area contributed by atoms with Gasteiger partial charge in [0.05, 0.1) is 8.07 Å². The van der Waals surface area contributed by atoms with Crippen molar-refractivity contribution >= 4 is 25.6 Å². The number of alkyl halides is 1. The fourth-order valence-corrected chi connectivity index (χ4v) is 2.57. The van der Waals surface area contributed by atoms with Crippen LogP contribution in [0.3, 0.4) is 0 Å². The Kier molecular flexibility index (Phi) is 3.19. The lowest BCUT2D eigenvalue weighted by molar-refractivity contribution is -0.157. The highest BCUT2D eigenvalue weighted by Gasteiger charge is 2.37. The van der Waals surface area contributed by atoms with E-state index < -0.39 is 8.07 Å². The molecule has 0 unspecified atom stereocenters. The first-order valence-electron chi connectivity index (χ1n) is 4.44. The highest BCUT2D eigenvalue weighted by molar-refractivity contribution is 6.81. The largest absolute Gasteiger partial charge is 0.430 e. The molecule has 13 heavy (non-hydrogen) atoms. The van der Waals surface area contributed by atoms with Gasteiger partial charge in [-0.15, -0.1) is 11.6 Å². The lowest BCUT2D eigenvalue weighted by Crippen LogP contribution is -2.35. The number of cyclic esters (lactones) is 1. The second kappa shape index (κ2) is 3.84. The van der Waals surface area contributed by atoms with E-state index in [-0.39, 0.29) is 11.9 Å². The summed E-state index contributed by atoms with van der Waals surface area (Å²) >= 11 is 5.59. The second-order valence-corrected chi connectivity index (χ2v) is 9.76. The summed E-state index contributed by atoms with van der Waals surface area (Å²) in [4.78, 5) is 11.0. The average molecular weight is 219 g/mol. The number of carbonyl (C=O) groups excluding carboxylic acids is 1. The van der Waals surface area contributed by atoms with Gasteiger partial charge < -0.3 is 4.74 Å². The standard InChI is InChI=1S/C9H15ClO2Si/c1-13(2,3)6-8-7(4-5-10)9(11)12-8/h6-7H,4-5H2,1-3H3/b8-6-/t7-/m1/s1. The van der Waals surface area contributed by atoms with Crippen LogP contribution in [-0.2, 0) is 9.53 Å². The fourth-order valence-electron chi connectivity index (χ4n) is 1.24. The van der Waals surface area contributed by atoms with E-state index in [1.807, 2.05) is 0 Å². The molecule has 1 fully saturated rings. The number of carbonyl (C=O) groups is 1. The SMILES string of the molecule is C[Si](C)(C)/C=C1\OC(=O)[C@@H]1CCCl. The Bertz CT molecular complexity index is 242. The molecule has 1 heterocycles. The Morgan fingerprint density at radius 2 is 2.15 bits per heavy atom. The molecule has 0 aromatic heterocycles. The van der Waals surface area contributed by atoms with E-state index in [1.54, 1.807) is 0 Å². The molecule has 2 nitrogen and oxygen atoms in total. The lowest BCUT2D eigenvalue weighted by Gasteiger charge is -2.29. The molecule has 1 atom stereocenters. The van der Waals surface area contributed by atoms with Crippen molar-refractivity contribution in [3.63, 3.8) is 0 Å². The van der Waals surface area contributed by atoms with Crippen LogP contribution in [0, 0.1) is 5.92 Å². The van der Waals surface area contributed by atoms with Gasteiger partial charge in [-0.2, -0.15) is 0 Å². The van der Waals surface area contributed by atoms with Gasteiger partial charge >= 0.3 is 5.97 Å². The summed E-state index contributed by atoms with van der Waals surface area (Å²) in [5.41, 5.74) is 2.13. The van der Waals surface area contributed by atoms with Crippen molar-refractivity contribution in [2.45, 2.75) is 26.1 Å². The molecule has 0 amide bonds. The molecule has 0 aliphatic carbocycles. The summed E-state index contributed by atoms with van der Waals surface area (Å²) in [6.07, 6.45) is 0.705. The van der Waals surface area contributed by atoms with Gasteiger partial charge in [0.15, 0.2) is 0 Å². The minimum atomic E-state index is -1.27. The van der Waals surface area contributed by atoms with Crippen LogP contribution < -0.4 is 0 Å². The fraction of sp³-hybridized carbons (Fsp3) is 0.667. The van der Waals surface area contributed by atoms with Crippen molar-refractivity contribution in [2.75, 3.05) is 5.88 Å². The first kappa shape index (κ1) is 10.8. The van der Waals surface area contributed by atoms with Crippen molar-refractivity contribution in [3.8, 4) is 0 Å². The van der Waals surface area contributed by atoms with E-state index in [0.717, 1.165) is 5.76 Å². The van der Waals surface area contributed by atoms with Crippen LogP contribution in [-0.4, -0.2) is 19.9 Å². The van der Waals surface area contributed by atoms with E-state index in [2.05, 4.69) is 25.3 Å². The summed E-state index contributed by atoms with van der Waals surface area (Å²) in [6.45, 7) is 6.64. The maximum absolute atomic E-state index is 11.0. The van der Waals surface area contributed by atoms with Crippen LogP contribution in [0.5, 0.6) is 0 Å². The number of hydrogen-bond acceptors (Lipinski definition) is 2. The third kappa shape index (κ3) is 2.85. The first-order chi connectivity index (χ1) is 5.94. The van der Waals surface area contributed by atoms with Crippen LogP contribution in [0.4, 0.5) is 0 Å². The zero-order valence-electron chi connectivity index (χ0n) is 8.26. The second-order valence-electron chi connectivity index (χ2n) is 4.36. The highest BCUT2D eigenvalue weighted by Crippen LogP contribution is 2.31. The first-order valence-corrected chi connectivity index (χ1v) is 8.55. The Hall–Kier alpha value is -0.283. The molecule has 0 N–H and O–H groups in total. The summed E-state index contributed by atoms with van der Waals surface area (Å²) in [6, 6.07) is 0.